The van der Waals surface area contributed by atoms with Gasteiger partial charge in [-0.3, -0.25) is 0 Å². The molecule has 0 heteroatoms. The minimum absolute atomic E-state index is 0.957. The fourth-order valence-electron chi connectivity index (χ4n) is 2.82. The lowest BCUT2D eigenvalue weighted by Crippen LogP contribution is -2.12. The van der Waals surface area contributed by atoms with Crippen molar-refractivity contribution in [3.63, 3.8) is 0 Å². The Labute approximate surface area is 90.5 Å². The van der Waals surface area contributed by atoms with Gasteiger partial charge in [-0.25, -0.2) is 0 Å². The minimum Gasteiger partial charge on any atom is -0.0651 e. The lowest BCUT2D eigenvalue weighted by molar-refractivity contribution is 0.396. The van der Waals surface area contributed by atoms with Crippen molar-refractivity contribution in [2.45, 2.75) is 78.1 Å². The normalized spacial score (nSPS) is 27.4. The minimum atomic E-state index is 0.957. The van der Waals surface area contributed by atoms with Crippen molar-refractivity contribution in [3.05, 3.63) is 5.92 Å². The maximum Gasteiger partial charge on any atom is -0.0213 e. The van der Waals surface area contributed by atoms with Gasteiger partial charge in [0.25, 0.3) is 0 Å². The molecule has 0 N–H and O–H groups in total. The Kier molecular flexibility index (Phi) is 6.31. The van der Waals surface area contributed by atoms with Crippen molar-refractivity contribution < 1.29 is 0 Å². The van der Waals surface area contributed by atoms with Crippen LogP contribution in [0.25, 0.3) is 0 Å². The molecule has 0 aromatic carbocycles. The summed E-state index contributed by atoms with van der Waals surface area (Å²) in [6.45, 7) is 4.72. The largest absolute Gasteiger partial charge is 0.0651 e. The molecule has 1 aliphatic rings. The maximum absolute atomic E-state index is 2.37. The van der Waals surface area contributed by atoms with Crippen LogP contribution >= 0.6 is 0 Å². The van der Waals surface area contributed by atoms with Gasteiger partial charge >= 0.3 is 0 Å². The Balaban J connectivity index is 2.40. The molecule has 1 saturated carbocycles. The average Bonchev–Trinajstić information content (AvgIpc) is 2.24. The molecule has 1 atom stereocenters. The second-order valence-electron chi connectivity index (χ2n) is 4.78. The van der Waals surface area contributed by atoms with E-state index in [1.165, 1.54) is 64.2 Å². The molecule has 0 heterocycles. The highest BCUT2D eigenvalue weighted by Gasteiger charge is 2.18. The van der Waals surface area contributed by atoms with Crippen molar-refractivity contribution in [1.29, 1.82) is 0 Å². The van der Waals surface area contributed by atoms with Gasteiger partial charge in [0.15, 0.2) is 0 Å². The summed E-state index contributed by atoms with van der Waals surface area (Å²) in [6.07, 6.45) is 14.5. The van der Waals surface area contributed by atoms with Crippen molar-refractivity contribution in [2.24, 2.45) is 5.92 Å². The van der Waals surface area contributed by atoms with Gasteiger partial charge in [0, 0.05) is 0 Å². The van der Waals surface area contributed by atoms with Gasteiger partial charge in [0.1, 0.15) is 0 Å². The van der Waals surface area contributed by atoms with Crippen LogP contribution in [0.15, 0.2) is 0 Å². The standard InChI is InChI=1S/C14H27/c1-3-13-11-9-7-5-6-8-10-12-14(13)4-2/h13H,3-12H2,1-2H3. The summed E-state index contributed by atoms with van der Waals surface area (Å²) in [7, 11) is 0. The van der Waals surface area contributed by atoms with Crippen molar-refractivity contribution in [3.8, 4) is 0 Å². The van der Waals surface area contributed by atoms with E-state index in [0.717, 1.165) is 5.92 Å². The zero-order valence-corrected chi connectivity index (χ0v) is 10.1. The summed E-state index contributed by atoms with van der Waals surface area (Å²) >= 11 is 0. The van der Waals surface area contributed by atoms with E-state index in [9.17, 15) is 0 Å². The molecule has 0 aliphatic heterocycles. The molecule has 0 spiro atoms. The molecule has 1 rings (SSSR count). The Morgan fingerprint density at radius 2 is 1.57 bits per heavy atom. The van der Waals surface area contributed by atoms with Crippen LogP contribution in [0.2, 0.25) is 0 Å². The molecule has 83 valence electrons. The van der Waals surface area contributed by atoms with Gasteiger partial charge in [-0.05, 0) is 31.1 Å². The number of hydrogen-bond acceptors (Lipinski definition) is 0. The summed E-state index contributed by atoms with van der Waals surface area (Å²) in [5, 5.41) is 0. The van der Waals surface area contributed by atoms with Gasteiger partial charge in [-0.1, -0.05) is 58.8 Å². The topological polar surface area (TPSA) is 0 Å². The Morgan fingerprint density at radius 1 is 0.929 bits per heavy atom. The molecule has 1 fully saturated rings. The van der Waals surface area contributed by atoms with Crippen LogP contribution in [0, 0.1) is 11.8 Å². The quantitative estimate of drug-likeness (QED) is 0.573. The average molecular weight is 195 g/mol. The summed E-state index contributed by atoms with van der Waals surface area (Å²) in [6, 6.07) is 0. The van der Waals surface area contributed by atoms with Gasteiger partial charge in [-0.2, -0.15) is 0 Å². The van der Waals surface area contributed by atoms with Gasteiger partial charge in [0.2, 0.25) is 0 Å². The van der Waals surface area contributed by atoms with Crippen LogP contribution in [-0.2, 0) is 0 Å². The highest BCUT2D eigenvalue weighted by Crippen LogP contribution is 2.32. The Hall–Kier alpha value is 0. The van der Waals surface area contributed by atoms with E-state index in [-0.39, 0.29) is 0 Å². The van der Waals surface area contributed by atoms with E-state index in [0.29, 0.717) is 0 Å². The zero-order chi connectivity index (χ0) is 10.2. The summed E-state index contributed by atoms with van der Waals surface area (Å²) < 4.78 is 0. The second kappa shape index (κ2) is 7.31. The molecule has 1 radical (unpaired) electrons. The van der Waals surface area contributed by atoms with Crippen molar-refractivity contribution >= 4 is 0 Å². The SMILES string of the molecule is CC[C]1CCCCCCCCC1CC. The first-order valence-corrected chi connectivity index (χ1v) is 6.73. The molecule has 0 bridgehead atoms. The predicted molar refractivity (Wildman–Crippen MR) is 64.3 cm³/mol. The lowest BCUT2D eigenvalue weighted by Gasteiger charge is -2.25. The van der Waals surface area contributed by atoms with Crippen LogP contribution in [0.5, 0.6) is 0 Å². The van der Waals surface area contributed by atoms with Crippen molar-refractivity contribution in [1.82, 2.24) is 0 Å². The summed E-state index contributed by atoms with van der Waals surface area (Å²) in [5.41, 5.74) is 0. The van der Waals surface area contributed by atoms with E-state index < -0.39 is 0 Å². The molecule has 14 heavy (non-hydrogen) atoms. The Bertz CT molecular complexity index is 112. The van der Waals surface area contributed by atoms with E-state index in [1.54, 1.807) is 0 Å². The van der Waals surface area contributed by atoms with Gasteiger partial charge in [0.05, 0.1) is 0 Å². The third-order valence-corrected chi connectivity index (χ3v) is 3.82. The summed E-state index contributed by atoms with van der Waals surface area (Å²) in [4.78, 5) is 0. The van der Waals surface area contributed by atoms with E-state index in [4.69, 9.17) is 0 Å². The first-order chi connectivity index (χ1) is 6.88. The first kappa shape index (κ1) is 12.1. The molecular weight excluding hydrogens is 168 g/mol. The van der Waals surface area contributed by atoms with Crippen LogP contribution in [-0.4, -0.2) is 0 Å². The van der Waals surface area contributed by atoms with Gasteiger partial charge in [-0.15, -0.1) is 0 Å². The van der Waals surface area contributed by atoms with Gasteiger partial charge < -0.3 is 0 Å². The fraction of sp³-hybridized carbons (Fsp3) is 0.929. The first-order valence-electron chi connectivity index (χ1n) is 6.73. The molecular formula is C14H27. The molecule has 1 unspecified atom stereocenters. The molecule has 0 amide bonds. The fourth-order valence-corrected chi connectivity index (χ4v) is 2.82. The number of rotatable bonds is 2. The summed E-state index contributed by atoms with van der Waals surface area (Å²) in [5.74, 6) is 2.83. The van der Waals surface area contributed by atoms with Crippen LogP contribution in [0.3, 0.4) is 0 Å². The highest BCUT2D eigenvalue weighted by atomic mass is 14.2. The monoisotopic (exact) mass is 195 g/mol. The Morgan fingerprint density at radius 3 is 2.21 bits per heavy atom. The van der Waals surface area contributed by atoms with Crippen LogP contribution < -0.4 is 0 Å². The number of hydrogen-bond donors (Lipinski definition) is 0. The molecule has 0 nitrogen and oxygen atoms in total. The maximum atomic E-state index is 2.37. The van der Waals surface area contributed by atoms with Crippen LogP contribution in [0.4, 0.5) is 0 Å². The molecule has 0 saturated heterocycles. The van der Waals surface area contributed by atoms with Crippen LogP contribution in [0.1, 0.15) is 78.1 Å². The highest BCUT2D eigenvalue weighted by molar-refractivity contribution is 4.94. The third-order valence-electron chi connectivity index (χ3n) is 3.82. The molecule has 1 aliphatic carbocycles. The predicted octanol–water partition coefficient (Wildman–Crippen LogP) is 5.13. The van der Waals surface area contributed by atoms with Crippen molar-refractivity contribution in [2.75, 3.05) is 0 Å². The van der Waals surface area contributed by atoms with E-state index in [1.807, 2.05) is 5.92 Å². The smallest absolute Gasteiger partial charge is 0.0213 e. The third kappa shape index (κ3) is 4.02. The second-order valence-corrected chi connectivity index (χ2v) is 4.78. The van der Waals surface area contributed by atoms with E-state index in [2.05, 4.69) is 13.8 Å². The van der Waals surface area contributed by atoms with E-state index >= 15 is 0 Å². The molecule has 0 aromatic heterocycles. The zero-order valence-electron chi connectivity index (χ0n) is 10.1. The lowest BCUT2D eigenvalue weighted by atomic mass is 9.80. The molecule has 0 aromatic rings.